The molecule has 2 fully saturated rings. The van der Waals surface area contributed by atoms with E-state index in [0.29, 0.717) is 5.41 Å². The SMILES string of the molecule is CCCC1CCC(C2(CCc3ccc(C)cc3)CCCCC2)CC1. The van der Waals surface area contributed by atoms with Gasteiger partial charge in [0.2, 0.25) is 0 Å². The van der Waals surface area contributed by atoms with Crippen LogP contribution < -0.4 is 0 Å². The molecule has 0 radical (unpaired) electrons. The summed E-state index contributed by atoms with van der Waals surface area (Å²) in [5, 5.41) is 0. The Morgan fingerprint density at radius 3 is 2.21 bits per heavy atom. The van der Waals surface area contributed by atoms with Gasteiger partial charge in [-0.3, -0.25) is 0 Å². The molecule has 0 saturated heterocycles. The van der Waals surface area contributed by atoms with E-state index in [4.69, 9.17) is 0 Å². The summed E-state index contributed by atoms with van der Waals surface area (Å²) in [7, 11) is 0. The molecule has 0 unspecified atom stereocenters. The van der Waals surface area contributed by atoms with Gasteiger partial charge in [0, 0.05) is 0 Å². The van der Waals surface area contributed by atoms with E-state index >= 15 is 0 Å². The molecular formula is C24H38. The molecule has 0 heterocycles. The van der Waals surface area contributed by atoms with E-state index in [0.717, 1.165) is 11.8 Å². The maximum Gasteiger partial charge on any atom is -0.0266 e. The van der Waals surface area contributed by atoms with Crippen LogP contribution in [0.25, 0.3) is 0 Å². The first-order chi connectivity index (χ1) is 11.7. The van der Waals surface area contributed by atoms with Crippen molar-refractivity contribution in [1.82, 2.24) is 0 Å². The Kier molecular flexibility index (Phi) is 6.42. The molecule has 1 aromatic carbocycles. The van der Waals surface area contributed by atoms with Crippen LogP contribution in [0.4, 0.5) is 0 Å². The molecule has 0 N–H and O–H groups in total. The summed E-state index contributed by atoms with van der Waals surface area (Å²) in [5.74, 6) is 2.07. The topological polar surface area (TPSA) is 0 Å². The molecule has 0 aromatic heterocycles. The zero-order valence-electron chi connectivity index (χ0n) is 16.2. The van der Waals surface area contributed by atoms with Crippen molar-refractivity contribution in [2.45, 2.75) is 97.3 Å². The summed E-state index contributed by atoms with van der Waals surface area (Å²) >= 11 is 0. The predicted molar refractivity (Wildman–Crippen MR) is 105 cm³/mol. The van der Waals surface area contributed by atoms with Crippen molar-refractivity contribution in [2.75, 3.05) is 0 Å². The minimum absolute atomic E-state index is 0.681. The minimum atomic E-state index is 0.681. The van der Waals surface area contributed by atoms with Crippen molar-refractivity contribution < 1.29 is 0 Å². The highest BCUT2D eigenvalue weighted by molar-refractivity contribution is 5.21. The van der Waals surface area contributed by atoms with E-state index < -0.39 is 0 Å². The molecule has 134 valence electrons. The number of benzene rings is 1. The van der Waals surface area contributed by atoms with Crippen molar-refractivity contribution in [3.8, 4) is 0 Å². The molecule has 0 bridgehead atoms. The van der Waals surface area contributed by atoms with Crippen molar-refractivity contribution in [2.24, 2.45) is 17.3 Å². The van der Waals surface area contributed by atoms with Gasteiger partial charge in [-0.15, -0.1) is 0 Å². The van der Waals surface area contributed by atoms with Crippen molar-refractivity contribution in [3.63, 3.8) is 0 Å². The van der Waals surface area contributed by atoms with E-state index in [-0.39, 0.29) is 0 Å². The van der Waals surface area contributed by atoms with E-state index in [1.165, 1.54) is 89.0 Å². The summed E-state index contributed by atoms with van der Waals surface area (Å²) in [5.41, 5.74) is 3.63. The lowest BCUT2D eigenvalue weighted by molar-refractivity contribution is 0.0454. The molecule has 3 rings (SSSR count). The standard InChI is InChI=1S/C24H38/c1-3-7-21-12-14-23(15-13-21)24(17-5-4-6-18-24)19-16-22-10-8-20(2)9-11-22/h8-11,21,23H,3-7,12-19H2,1-2H3. The van der Waals surface area contributed by atoms with Crippen molar-refractivity contribution in [1.29, 1.82) is 0 Å². The summed E-state index contributed by atoms with van der Waals surface area (Å²) in [6.07, 6.45) is 19.2. The van der Waals surface area contributed by atoms with Gasteiger partial charge in [0.05, 0.1) is 0 Å². The molecule has 1 aromatic rings. The molecule has 2 aliphatic carbocycles. The summed E-state index contributed by atoms with van der Waals surface area (Å²) < 4.78 is 0. The van der Waals surface area contributed by atoms with Gasteiger partial charge >= 0.3 is 0 Å². The third kappa shape index (κ3) is 4.44. The van der Waals surface area contributed by atoms with Crippen LogP contribution in [0.15, 0.2) is 24.3 Å². The van der Waals surface area contributed by atoms with Crippen LogP contribution in [0.2, 0.25) is 0 Å². The normalized spacial score (nSPS) is 27.1. The van der Waals surface area contributed by atoms with Gasteiger partial charge in [0.15, 0.2) is 0 Å². The minimum Gasteiger partial charge on any atom is -0.0654 e. The van der Waals surface area contributed by atoms with Gasteiger partial charge in [0.1, 0.15) is 0 Å². The van der Waals surface area contributed by atoms with E-state index in [9.17, 15) is 0 Å². The number of hydrogen-bond acceptors (Lipinski definition) is 0. The zero-order valence-corrected chi connectivity index (χ0v) is 16.2. The first-order valence-corrected chi connectivity index (χ1v) is 10.8. The molecule has 0 spiro atoms. The average molecular weight is 327 g/mol. The largest absolute Gasteiger partial charge is 0.0654 e. The monoisotopic (exact) mass is 326 g/mol. The molecule has 0 nitrogen and oxygen atoms in total. The zero-order chi connectivity index (χ0) is 16.8. The van der Waals surface area contributed by atoms with Crippen LogP contribution in [0.5, 0.6) is 0 Å². The molecule has 0 amide bonds. The maximum absolute atomic E-state index is 2.37. The highest BCUT2D eigenvalue weighted by Crippen LogP contribution is 2.52. The summed E-state index contributed by atoms with van der Waals surface area (Å²) in [6, 6.07) is 9.31. The van der Waals surface area contributed by atoms with Crippen LogP contribution in [0, 0.1) is 24.2 Å². The fraction of sp³-hybridized carbons (Fsp3) is 0.750. The fourth-order valence-corrected chi connectivity index (χ4v) is 5.74. The Morgan fingerprint density at radius 2 is 1.58 bits per heavy atom. The molecular weight excluding hydrogens is 288 g/mol. The maximum atomic E-state index is 2.37. The molecule has 0 heteroatoms. The smallest absolute Gasteiger partial charge is 0.0266 e. The molecule has 2 saturated carbocycles. The Labute approximate surface area is 150 Å². The third-order valence-corrected chi connectivity index (χ3v) is 7.29. The lowest BCUT2D eigenvalue weighted by Crippen LogP contribution is -2.36. The van der Waals surface area contributed by atoms with Gasteiger partial charge < -0.3 is 0 Å². The van der Waals surface area contributed by atoms with Crippen molar-refractivity contribution >= 4 is 0 Å². The predicted octanol–water partition coefficient (Wildman–Crippen LogP) is 7.48. The Bertz CT molecular complexity index is 469. The second kappa shape index (κ2) is 8.54. The lowest BCUT2D eigenvalue weighted by atomic mass is 9.58. The van der Waals surface area contributed by atoms with E-state index in [2.05, 4.69) is 38.1 Å². The fourth-order valence-electron chi connectivity index (χ4n) is 5.74. The van der Waals surface area contributed by atoms with Crippen LogP contribution >= 0.6 is 0 Å². The number of rotatable bonds is 6. The second-order valence-corrected chi connectivity index (χ2v) is 8.91. The van der Waals surface area contributed by atoms with Gasteiger partial charge in [0.25, 0.3) is 0 Å². The number of hydrogen-bond donors (Lipinski definition) is 0. The summed E-state index contributed by atoms with van der Waals surface area (Å²) in [4.78, 5) is 0. The van der Waals surface area contributed by atoms with Gasteiger partial charge in [-0.2, -0.15) is 0 Å². The average Bonchev–Trinajstić information content (AvgIpc) is 2.63. The first-order valence-electron chi connectivity index (χ1n) is 10.8. The first kappa shape index (κ1) is 18.0. The van der Waals surface area contributed by atoms with Crippen LogP contribution in [0.1, 0.15) is 95.1 Å². The Morgan fingerprint density at radius 1 is 0.917 bits per heavy atom. The second-order valence-electron chi connectivity index (χ2n) is 8.91. The van der Waals surface area contributed by atoms with E-state index in [1.807, 2.05) is 0 Å². The molecule has 24 heavy (non-hydrogen) atoms. The van der Waals surface area contributed by atoms with Crippen LogP contribution in [-0.2, 0) is 6.42 Å². The van der Waals surface area contributed by atoms with Crippen LogP contribution in [-0.4, -0.2) is 0 Å². The third-order valence-electron chi connectivity index (χ3n) is 7.29. The molecule has 0 aliphatic heterocycles. The highest BCUT2D eigenvalue weighted by atomic mass is 14.5. The summed E-state index contributed by atoms with van der Waals surface area (Å²) in [6.45, 7) is 4.55. The lowest BCUT2D eigenvalue weighted by Gasteiger charge is -2.47. The molecule has 0 atom stereocenters. The highest BCUT2D eigenvalue weighted by Gasteiger charge is 2.40. The van der Waals surface area contributed by atoms with E-state index in [1.54, 1.807) is 5.56 Å². The Hall–Kier alpha value is -0.780. The number of aryl methyl sites for hydroxylation is 2. The van der Waals surface area contributed by atoms with Gasteiger partial charge in [-0.05, 0) is 68.3 Å². The Balaban J connectivity index is 1.63. The van der Waals surface area contributed by atoms with Crippen LogP contribution in [0.3, 0.4) is 0 Å². The molecule has 2 aliphatic rings. The van der Waals surface area contributed by atoms with Gasteiger partial charge in [-0.25, -0.2) is 0 Å². The quantitative estimate of drug-likeness (QED) is 0.508. The van der Waals surface area contributed by atoms with Gasteiger partial charge in [-0.1, -0.05) is 81.7 Å². The van der Waals surface area contributed by atoms with Crippen molar-refractivity contribution in [3.05, 3.63) is 35.4 Å².